The van der Waals surface area contributed by atoms with Crippen LogP contribution in [0.4, 0.5) is 0 Å². The van der Waals surface area contributed by atoms with E-state index in [1.54, 1.807) is 18.2 Å². The zero-order valence-electron chi connectivity index (χ0n) is 15.4. The minimum absolute atomic E-state index is 0.0640. The summed E-state index contributed by atoms with van der Waals surface area (Å²) < 4.78 is 11.8. The second kappa shape index (κ2) is 7.01. The smallest absolute Gasteiger partial charge is 0.261 e. The number of carbonyl (C=O) groups excluding carboxylic acids is 1. The van der Waals surface area contributed by atoms with Crippen LogP contribution in [0.15, 0.2) is 29.1 Å². The van der Waals surface area contributed by atoms with Gasteiger partial charge < -0.3 is 19.9 Å². The highest BCUT2D eigenvalue weighted by Gasteiger charge is 2.36. The van der Waals surface area contributed by atoms with Gasteiger partial charge in [0.15, 0.2) is 8.32 Å². The molecule has 0 bridgehead atoms. The van der Waals surface area contributed by atoms with Gasteiger partial charge in [-0.25, -0.2) is 0 Å². The van der Waals surface area contributed by atoms with Crippen LogP contribution in [0.5, 0.6) is 5.75 Å². The van der Waals surface area contributed by atoms with Crippen molar-refractivity contribution in [3.8, 4) is 5.75 Å². The first-order valence-electron chi connectivity index (χ1n) is 8.25. The molecule has 7 heteroatoms. The van der Waals surface area contributed by atoms with Gasteiger partial charge in [-0.05, 0) is 42.4 Å². The number of hydrogen-bond donors (Lipinski definition) is 2. The predicted octanol–water partition coefficient (Wildman–Crippen LogP) is 3.03. The molecular weight excluding hydrogens is 336 g/mol. The SMILES string of the molecule is CC(C)(C)[Si](C)(C)OCCOc1ccc2[nH]c(=O)c(C(N)=O)cc2c1. The first kappa shape index (κ1) is 19.2. The summed E-state index contributed by atoms with van der Waals surface area (Å²) in [6.07, 6.45) is 0. The molecule has 0 unspecified atom stereocenters. The first-order valence-corrected chi connectivity index (χ1v) is 11.2. The molecule has 2 aromatic rings. The number of carbonyl (C=O) groups is 1. The molecule has 1 amide bonds. The van der Waals surface area contributed by atoms with Crippen molar-refractivity contribution in [2.24, 2.45) is 5.73 Å². The quantitative estimate of drug-likeness (QED) is 0.610. The van der Waals surface area contributed by atoms with E-state index in [2.05, 4.69) is 38.8 Å². The van der Waals surface area contributed by atoms with Gasteiger partial charge in [-0.2, -0.15) is 0 Å². The molecule has 6 nitrogen and oxygen atoms in total. The molecule has 0 atom stereocenters. The summed E-state index contributed by atoms with van der Waals surface area (Å²) in [6.45, 7) is 11.9. The van der Waals surface area contributed by atoms with E-state index in [1.165, 1.54) is 6.07 Å². The van der Waals surface area contributed by atoms with Crippen LogP contribution >= 0.6 is 0 Å². The highest BCUT2D eigenvalue weighted by Crippen LogP contribution is 2.36. The number of ether oxygens (including phenoxy) is 1. The number of rotatable bonds is 6. The van der Waals surface area contributed by atoms with Crippen LogP contribution in [-0.4, -0.2) is 32.4 Å². The minimum atomic E-state index is -1.78. The number of pyridine rings is 1. The van der Waals surface area contributed by atoms with Crippen molar-refractivity contribution in [3.63, 3.8) is 0 Å². The zero-order chi connectivity index (χ0) is 18.8. The average Bonchev–Trinajstić information content (AvgIpc) is 2.49. The van der Waals surface area contributed by atoms with Crippen molar-refractivity contribution in [3.05, 3.63) is 40.2 Å². The average molecular weight is 363 g/mol. The molecular formula is C18H26N2O4Si. The van der Waals surface area contributed by atoms with Crippen LogP contribution in [0.1, 0.15) is 31.1 Å². The number of primary amides is 1. The minimum Gasteiger partial charge on any atom is -0.491 e. The fourth-order valence-corrected chi connectivity index (χ4v) is 3.16. The van der Waals surface area contributed by atoms with E-state index in [0.29, 0.717) is 29.9 Å². The van der Waals surface area contributed by atoms with Gasteiger partial charge in [-0.3, -0.25) is 9.59 Å². The van der Waals surface area contributed by atoms with Crippen LogP contribution in [-0.2, 0) is 4.43 Å². The second-order valence-electron chi connectivity index (χ2n) is 7.58. The Kier molecular flexibility index (Phi) is 5.39. The van der Waals surface area contributed by atoms with Crippen LogP contribution in [0, 0.1) is 0 Å². The van der Waals surface area contributed by atoms with E-state index in [1.807, 2.05) is 0 Å². The number of aromatic nitrogens is 1. The normalized spacial score (nSPS) is 12.4. The molecule has 136 valence electrons. The standard InChI is InChI=1S/C18H26N2O4Si/c1-18(2,3)25(4,5)24-9-8-23-13-6-7-15-12(10-13)11-14(16(19)21)17(22)20-15/h6-7,10-11H,8-9H2,1-5H3,(H2,19,21)(H,20,22). The van der Waals surface area contributed by atoms with E-state index in [4.69, 9.17) is 14.9 Å². The van der Waals surface area contributed by atoms with Crippen LogP contribution in [0.3, 0.4) is 0 Å². The van der Waals surface area contributed by atoms with Crippen molar-refractivity contribution in [2.75, 3.05) is 13.2 Å². The molecule has 0 aliphatic carbocycles. The number of nitrogens with two attached hydrogens (primary N) is 1. The molecule has 0 spiro atoms. The Morgan fingerprint density at radius 2 is 1.88 bits per heavy atom. The number of nitrogens with one attached hydrogen (secondary N) is 1. The Labute approximate surface area is 148 Å². The van der Waals surface area contributed by atoms with E-state index < -0.39 is 19.8 Å². The van der Waals surface area contributed by atoms with Gasteiger partial charge in [-0.15, -0.1) is 0 Å². The van der Waals surface area contributed by atoms with Crippen molar-refractivity contribution in [1.82, 2.24) is 4.98 Å². The number of hydrogen-bond acceptors (Lipinski definition) is 4. The summed E-state index contributed by atoms with van der Waals surface area (Å²) in [5, 5.41) is 0.851. The predicted molar refractivity (Wildman–Crippen MR) is 102 cm³/mol. The number of amides is 1. The zero-order valence-corrected chi connectivity index (χ0v) is 16.4. The van der Waals surface area contributed by atoms with Gasteiger partial charge in [0.05, 0.1) is 6.61 Å². The van der Waals surface area contributed by atoms with Gasteiger partial charge in [0.2, 0.25) is 0 Å². The molecule has 0 radical (unpaired) electrons. The fraction of sp³-hybridized carbons (Fsp3) is 0.444. The Balaban J connectivity index is 2.06. The summed E-state index contributed by atoms with van der Waals surface area (Å²) in [5.41, 5.74) is 5.29. The molecule has 0 fully saturated rings. The third kappa shape index (κ3) is 4.49. The highest BCUT2D eigenvalue weighted by atomic mass is 28.4. The molecule has 1 aromatic heterocycles. The number of H-pyrrole nitrogens is 1. The van der Waals surface area contributed by atoms with Gasteiger partial charge in [0.1, 0.15) is 17.9 Å². The van der Waals surface area contributed by atoms with Crippen LogP contribution in [0.25, 0.3) is 10.9 Å². The lowest BCUT2D eigenvalue weighted by molar-refractivity contribution is 0.0999. The Bertz CT molecular complexity index is 837. The summed E-state index contributed by atoms with van der Waals surface area (Å²) >= 11 is 0. The first-order chi connectivity index (χ1) is 11.5. The molecule has 1 aromatic carbocycles. The summed E-state index contributed by atoms with van der Waals surface area (Å²) in [5.74, 6) is -0.106. The second-order valence-corrected chi connectivity index (χ2v) is 12.4. The summed E-state index contributed by atoms with van der Waals surface area (Å²) in [6, 6.07) is 6.76. The number of aromatic amines is 1. The molecule has 25 heavy (non-hydrogen) atoms. The summed E-state index contributed by atoms with van der Waals surface area (Å²) in [4.78, 5) is 25.7. The molecule has 0 saturated carbocycles. The third-order valence-electron chi connectivity index (χ3n) is 4.70. The lowest BCUT2D eigenvalue weighted by atomic mass is 10.1. The molecule has 0 saturated heterocycles. The molecule has 1 heterocycles. The number of benzene rings is 1. The van der Waals surface area contributed by atoms with Crippen molar-refractivity contribution in [1.29, 1.82) is 0 Å². The Morgan fingerprint density at radius 1 is 1.20 bits per heavy atom. The maximum Gasteiger partial charge on any atom is 0.261 e. The van der Waals surface area contributed by atoms with E-state index in [0.717, 1.165) is 0 Å². The van der Waals surface area contributed by atoms with Crippen LogP contribution < -0.4 is 16.0 Å². The maximum absolute atomic E-state index is 11.7. The van der Waals surface area contributed by atoms with E-state index in [-0.39, 0.29) is 10.6 Å². The van der Waals surface area contributed by atoms with Crippen molar-refractivity contribution >= 4 is 25.1 Å². The van der Waals surface area contributed by atoms with Gasteiger partial charge >= 0.3 is 0 Å². The van der Waals surface area contributed by atoms with E-state index in [9.17, 15) is 9.59 Å². The van der Waals surface area contributed by atoms with Crippen molar-refractivity contribution in [2.45, 2.75) is 38.9 Å². The fourth-order valence-electron chi connectivity index (χ4n) is 2.13. The van der Waals surface area contributed by atoms with Crippen LogP contribution in [0.2, 0.25) is 18.1 Å². The topological polar surface area (TPSA) is 94.4 Å². The van der Waals surface area contributed by atoms with Gasteiger partial charge in [0.25, 0.3) is 11.5 Å². The largest absolute Gasteiger partial charge is 0.491 e. The molecule has 0 aliphatic heterocycles. The maximum atomic E-state index is 11.7. The van der Waals surface area contributed by atoms with E-state index >= 15 is 0 Å². The Hall–Kier alpha value is -2.12. The Morgan fingerprint density at radius 3 is 2.48 bits per heavy atom. The lowest BCUT2D eigenvalue weighted by Crippen LogP contribution is -2.41. The lowest BCUT2D eigenvalue weighted by Gasteiger charge is -2.36. The molecule has 0 aliphatic rings. The molecule has 2 rings (SSSR count). The monoisotopic (exact) mass is 362 g/mol. The van der Waals surface area contributed by atoms with Gasteiger partial charge in [-0.1, -0.05) is 20.8 Å². The van der Waals surface area contributed by atoms with Gasteiger partial charge in [0, 0.05) is 10.9 Å². The highest BCUT2D eigenvalue weighted by molar-refractivity contribution is 6.74. The molecule has 3 N–H and O–H groups in total. The summed E-state index contributed by atoms with van der Waals surface area (Å²) in [7, 11) is -1.78. The van der Waals surface area contributed by atoms with Crippen molar-refractivity contribution < 1.29 is 14.0 Å². The third-order valence-corrected chi connectivity index (χ3v) is 9.24. The number of fused-ring (bicyclic) bond motifs is 1.